The number of urea groups is 1. The third-order valence-corrected chi connectivity index (χ3v) is 5.20. The third kappa shape index (κ3) is 4.59. The number of nitrogens with one attached hydrogen (secondary N) is 2. The van der Waals surface area contributed by atoms with Crippen molar-refractivity contribution in [3.8, 4) is 5.88 Å². The number of rotatable bonds is 5. The fourth-order valence-electron chi connectivity index (χ4n) is 2.25. The van der Waals surface area contributed by atoms with Gasteiger partial charge in [0.2, 0.25) is 5.88 Å². The van der Waals surface area contributed by atoms with Crippen LogP contribution in [0.4, 0.5) is 4.79 Å². The molecule has 1 fully saturated rings. The van der Waals surface area contributed by atoms with E-state index in [-0.39, 0.29) is 23.5 Å². The highest BCUT2D eigenvalue weighted by molar-refractivity contribution is 7.91. The fraction of sp³-hybridized carbons (Fsp3) is 0.538. The molecule has 1 aliphatic rings. The number of carbonyl (C=O) groups is 1. The van der Waals surface area contributed by atoms with Gasteiger partial charge in [0.05, 0.1) is 18.6 Å². The minimum atomic E-state index is -2.90. The first kappa shape index (κ1) is 15.6. The monoisotopic (exact) mass is 313 g/mol. The molecule has 1 saturated heterocycles. The molecule has 21 heavy (non-hydrogen) atoms. The maximum atomic E-state index is 11.7. The third-order valence-electron chi connectivity index (χ3n) is 3.36. The number of pyridine rings is 1. The Bertz CT molecular complexity index is 603. The van der Waals surface area contributed by atoms with Gasteiger partial charge in [-0.3, -0.25) is 0 Å². The van der Waals surface area contributed by atoms with E-state index in [2.05, 4.69) is 15.6 Å². The Hall–Kier alpha value is -1.83. The van der Waals surface area contributed by atoms with E-state index in [1.165, 1.54) is 7.11 Å². The van der Waals surface area contributed by atoms with Crippen molar-refractivity contribution in [1.29, 1.82) is 0 Å². The number of nitrogens with zero attached hydrogens (tertiary/aromatic N) is 1. The van der Waals surface area contributed by atoms with Gasteiger partial charge in [0.15, 0.2) is 9.84 Å². The predicted octanol–water partition coefficient (Wildman–Crippen LogP) is 0.324. The quantitative estimate of drug-likeness (QED) is 0.816. The first-order valence-electron chi connectivity index (χ1n) is 6.70. The summed E-state index contributed by atoms with van der Waals surface area (Å²) in [7, 11) is -1.38. The van der Waals surface area contributed by atoms with E-state index in [4.69, 9.17) is 4.74 Å². The Labute approximate surface area is 124 Å². The van der Waals surface area contributed by atoms with E-state index < -0.39 is 9.84 Å². The van der Waals surface area contributed by atoms with Crippen molar-refractivity contribution in [2.24, 2.45) is 5.92 Å². The normalized spacial score (nSPS) is 20.0. The molecule has 2 rings (SSSR count). The van der Waals surface area contributed by atoms with Crippen LogP contribution >= 0.6 is 0 Å². The molecule has 116 valence electrons. The fourth-order valence-corrected chi connectivity index (χ4v) is 4.11. The molecule has 7 nitrogen and oxygen atoms in total. The SMILES string of the molecule is COc1ncccc1CNC(=O)NC[C@H]1CCS(=O)(=O)C1. The van der Waals surface area contributed by atoms with Crippen LogP contribution in [0, 0.1) is 5.92 Å². The van der Waals surface area contributed by atoms with Crippen molar-refractivity contribution in [3.05, 3.63) is 23.9 Å². The van der Waals surface area contributed by atoms with Crippen LogP contribution in [0.3, 0.4) is 0 Å². The van der Waals surface area contributed by atoms with Gasteiger partial charge in [0.1, 0.15) is 0 Å². The average molecular weight is 313 g/mol. The van der Waals surface area contributed by atoms with Gasteiger partial charge in [0, 0.05) is 24.8 Å². The van der Waals surface area contributed by atoms with Crippen molar-refractivity contribution in [2.75, 3.05) is 25.2 Å². The summed E-state index contributed by atoms with van der Waals surface area (Å²) in [6, 6.07) is 3.25. The Morgan fingerprint density at radius 1 is 1.48 bits per heavy atom. The van der Waals surface area contributed by atoms with Gasteiger partial charge in [-0.05, 0) is 18.4 Å². The van der Waals surface area contributed by atoms with Crippen molar-refractivity contribution in [1.82, 2.24) is 15.6 Å². The van der Waals surface area contributed by atoms with Crippen LogP contribution in [0.15, 0.2) is 18.3 Å². The summed E-state index contributed by atoms with van der Waals surface area (Å²) < 4.78 is 27.7. The molecule has 8 heteroatoms. The van der Waals surface area contributed by atoms with Gasteiger partial charge in [-0.1, -0.05) is 6.07 Å². The molecule has 0 radical (unpaired) electrons. The highest BCUT2D eigenvalue weighted by Gasteiger charge is 2.27. The lowest BCUT2D eigenvalue weighted by Gasteiger charge is -2.12. The maximum absolute atomic E-state index is 11.7. The number of aromatic nitrogens is 1. The van der Waals surface area contributed by atoms with Crippen LogP contribution in [-0.4, -0.2) is 44.6 Å². The molecule has 2 N–H and O–H groups in total. The van der Waals surface area contributed by atoms with Gasteiger partial charge in [-0.15, -0.1) is 0 Å². The second kappa shape index (κ2) is 6.75. The van der Waals surface area contributed by atoms with E-state index in [0.29, 0.717) is 25.4 Å². The van der Waals surface area contributed by atoms with Gasteiger partial charge in [-0.2, -0.15) is 0 Å². The number of amides is 2. The van der Waals surface area contributed by atoms with Gasteiger partial charge in [0.25, 0.3) is 0 Å². The summed E-state index contributed by atoms with van der Waals surface area (Å²) in [4.78, 5) is 15.7. The van der Waals surface area contributed by atoms with Crippen molar-refractivity contribution in [2.45, 2.75) is 13.0 Å². The summed E-state index contributed by atoms with van der Waals surface area (Å²) in [6.45, 7) is 0.668. The molecule has 0 aliphatic carbocycles. The first-order chi connectivity index (χ1) is 10.00. The molecule has 1 aromatic heterocycles. The maximum Gasteiger partial charge on any atom is 0.315 e. The van der Waals surface area contributed by atoms with E-state index >= 15 is 0 Å². The van der Waals surface area contributed by atoms with Crippen LogP contribution in [0.5, 0.6) is 5.88 Å². The van der Waals surface area contributed by atoms with Crippen LogP contribution in [0.2, 0.25) is 0 Å². The number of hydrogen-bond donors (Lipinski definition) is 2. The van der Waals surface area contributed by atoms with Crippen molar-refractivity contribution < 1.29 is 17.9 Å². The number of hydrogen-bond acceptors (Lipinski definition) is 5. The Balaban J connectivity index is 1.75. The molecule has 0 spiro atoms. The molecule has 1 aliphatic heterocycles. The van der Waals surface area contributed by atoms with Gasteiger partial charge in [-0.25, -0.2) is 18.2 Å². The Morgan fingerprint density at radius 2 is 2.29 bits per heavy atom. The molecule has 1 atom stereocenters. The molecule has 1 aromatic rings. The molecule has 2 heterocycles. The van der Waals surface area contributed by atoms with Crippen LogP contribution in [-0.2, 0) is 16.4 Å². The molecule has 0 bridgehead atoms. The second-order valence-electron chi connectivity index (χ2n) is 5.00. The second-order valence-corrected chi connectivity index (χ2v) is 7.23. The van der Waals surface area contributed by atoms with E-state index in [0.717, 1.165) is 5.56 Å². The van der Waals surface area contributed by atoms with Crippen LogP contribution in [0.1, 0.15) is 12.0 Å². The molecular weight excluding hydrogens is 294 g/mol. The number of ether oxygens (including phenoxy) is 1. The minimum Gasteiger partial charge on any atom is -0.481 e. The summed E-state index contributed by atoms with van der Waals surface area (Å²) in [5, 5.41) is 5.39. The van der Waals surface area contributed by atoms with Crippen molar-refractivity contribution >= 4 is 15.9 Å². The predicted molar refractivity (Wildman–Crippen MR) is 77.8 cm³/mol. The molecule has 0 saturated carbocycles. The Kier molecular flexibility index (Phi) is 5.00. The van der Waals surface area contributed by atoms with Crippen LogP contribution in [0.25, 0.3) is 0 Å². The smallest absolute Gasteiger partial charge is 0.315 e. The van der Waals surface area contributed by atoms with Gasteiger partial charge >= 0.3 is 6.03 Å². The zero-order valence-electron chi connectivity index (χ0n) is 11.8. The zero-order chi connectivity index (χ0) is 15.3. The topological polar surface area (TPSA) is 97.4 Å². The first-order valence-corrected chi connectivity index (χ1v) is 8.52. The van der Waals surface area contributed by atoms with Gasteiger partial charge < -0.3 is 15.4 Å². The highest BCUT2D eigenvalue weighted by atomic mass is 32.2. The average Bonchev–Trinajstić information content (AvgIpc) is 2.82. The molecule has 0 aromatic carbocycles. The number of sulfone groups is 1. The summed E-state index contributed by atoms with van der Waals surface area (Å²) in [6.07, 6.45) is 2.22. The lowest BCUT2D eigenvalue weighted by molar-refractivity contribution is 0.239. The number of methoxy groups -OCH3 is 1. The largest absolute Gasteiger partial charge is 0.481 e. The summed E-state index contributed by atoms with van der Waals surface area (Å²) in [5.74, 6) is 0.853. The molecular formula is C13H19N3O4S. The summed E-state index contributed by atoms with van der Waals surface area (Å²) in [5.41, 5.74) is 0.776. The standard InChI is InChI=1S/C13H19N3O4S/c1-20-12-11(3-2-5-14-12)8-16-13(17)15-7-10-4-6-21(18,19)9-10/h2-3,5,10H,4,6-9H2,1H3,(H2,15,16,17)/t10-/m1/s1. The highest BCUT2D eigenvalue weighted by Crippen LogP contribution is 2.17. The van der Waals surface area contributed by atoms with Crippen LogP contribution < -0.4 is 15.4 Å². The molecule has 0 unspecified atom stereocenters. The van der Waals surface area contributed by atoms with E-state index in [1.807, 2.05) is 6.07 Å². The zero-order valence-corrected chi connectivity index (χ0v) is 12.6. The van der Waals surface area contributed by atoms with Crippen molar-refractivity contribution in [3.63, 3.8) is 0 Å². The van der Waals surface area contributed by atoms with E-state index in [1.54, 1.807) is 12.3 Å². The Morgan fingerprint density at radius 3 is 2.95 bits per heavy atom. The summed E-state index contributed by atoms with van der Waals surface area (Å²) >= 11 is 0. The van der Waals surface area contributed by atoms with E-state index in [9.17, 15) is 13.2 Å². The lowest BCUT2D eigenvalue weighted by atomic mass is 10.1. The number of carbonyl (C=O) groups excluding carboxylic acids is 1. The molecule has 2 amide bonds. The minimum absolute atomic E-state index is 0.00804. The lowest BCUT2D eigenvalue weighted by Crippen LogP contribution is -2.38.